The van der Waals surface area contributed by atoms with Gasteiger partial charge in [0, 0.05) is 5.92 Å². The van der Waals surface area contributed by atoms with Gasteiger partial charge in [-0.1, -0.05) is 68.0 Å². The summed E-state index contributed by atoms with van der Waals surface area (Å²) in [4.78, 5) is 0.839. The van der Waals surface area contributed by atoms with Crippen LogP contribution in [0.5, 0.6) is 0 Å². The van der Waals surface area contributed by atoms with Crippen LogP contribution in [-0.2, 0) is 9.84 Å². The minimum atomic E-state index is -3.47. The van der Waals surface area contributed by atoms with Gasteiger partial charge in [-0.25, -0.2) is 8.42 Å². The van der Waals surface area contributed by atoms with Crippen molar-refractivity contribution < 1.29 is 8.42 Å². The number of aryl methyl sites for hydroxylation is 1. The fraction of sp³-hybridized carbons (Fsp3) is 0.263. The third-order valence-corrected chi connectivity index (χ3v) is 5.81. The summed E-state index contributed by atoms with van der Waals surface area (Å²) in [6, 6.07) is 16.8. The smallest absolute Gasteiger partial charge is 0.203 e. The van der Waals surface area contributed by atoms with Crippen LogP contribution in [-0.4, -0.2) is 8.42 Å². The number of benzene rings is 2. The molecule has 2 aromatic rings. The molecule has 3 heteroatoms. The van der Waals surface area contributed by atoms with Gasteiger partial charge in [0.05, 0.1) is 9.80 Å². The van der Waals surface area contributed by atoms with Crippen LogP contribution in [0.25, 0.3) is 0 Å². The van der Waals surface area contributed by atoms with Gasteiger partial charge < -0.3 is 0 Å². The van der Waals surface area contributed by atoms with Gasteiger partial charge in [0.2, 0.25) is 9.84 Å². The largest absolute Gasteiger partial charge is 0.219 e. The number of hydrogen-bond donors (Lipinski definition) is 0. The van der Waals surface area contributed by atoms with E-state index in [-0.39, 0.29) is 5.92 Å². The first-order chi connectivity index (χ1) is 10.5. The summed E-state index contributed by atoms with van der Waals surface area (Å²) < 4.78 is 26.0. The topological polar surface area (TPSA) is 34.1 Å². The Bertz CT molecular complexity index is 742. The van der Waals surface area contributed by atoms with Crippen molar-refractivity contribution in [1.82, 2.24) is 0 Å². The van der Waals surface area contributed by atoms with Crippen molar-refractivity contribution in [3.63, 3.8) is 0 Å². The molecular weight excluding hydrogens is 292 g/mol. The molecular formula is C19H22O2S. The predicted molar refractivity (Wildman–Crippen MR) is 91.6 cm³/mol. The van der Waals surface area contributed by atoms with Gasteiger partial charge in [0.1, 0.15) is 0 Å². The summed E-state index contributed by atoms with van der Waals surface area (Å²) >= 11 is 0. The second-order valence-corrected chi connectivity index (χ2v) is 7.41. The van der Waals surface area contributed by atoms with E-state index in [1.807, 2.05) is 69.3 Å². The second kappa shape index (κ2) is 6.93. The summed E-state index contributed by atoms with van der Waals surface area (Å²) in [5, 5.41) is 0. The highest BCUT2D eigenvalue weighted by molar-refractivity contribution is 7.95. The van der Waals surface area contributed by atoms with Crippen molar-refractivity contribution in [3.05, 3.63) is 76.7 Å². The first-order valence-electron chi connectivity index (χ1n) is 7.53. The van der Waals surface area contributed by atoms with Crippen LogP contribution in [0.2, 0.25) is 0 Å². The molecule has 0 aliphatic carbocycles. The van der Waals surface area contributed by atoms with E-state index in [9.17, 15) is 8.42 Å². The summed E-state index contributed by atoms with van der Waals surface area (Å²) in [5.41, 5.74) is 2.06. The third kappa shape index (κ3) is 3.47. The molecule has 0 amide bonds. The van der Waals surface area contributed by atoms with E-state index in [0.717, 1.165) is 11.1 Å². The molecule has 116 valence electrons. The van der Waals surface area contributed by atoms with Gasteiger partial charge in [0.25, 0.3) is 0 Å². The van der Waals surface area contributed by atoms with E-state index in [4.69, 9.17) is 0 Å². The molecule has 2 nitrogen and oxygen atoms in total. The van der Waals surface area contributed by atoms with E-state index in [1.165, 1.54) is 0 Å². The van der Waals surface area contributed by atoms with Crippen LogP contribution in [0.3, 0.4) is 0 Å². The Hall–Kier alpha value is -1.87. The molecule has 0 aliphatic heterocycles. The lowest BCUT2D eigenvalue weighted by Gasteiger charge is -2.17. The normalized spacial score (nSPS) is 13.9. The Labute approximate surface area is 133 Å². The Kier molecular flexibility index (Phi) is 5.19. The van der Waals surface area contributed by atoms with Crippen molar-refractivity contribution in [2.75, 3.05) is 0 Å². The lowest BCUT2D eigenvalue weighted by Crippen LogP contribution is -2.11. The average molecular weight is 314 g/mol. The van der Waals surface area contributed by atoms with Crippen molar-refractivity contribution in [1.29, 1.82) is 0 Å². The van der Waals surface area contributed by atoms with Crippen LogP contribution >= 0.6 is 0 Å². The van der Waals surface area contributed by atoms with Crippen molar-refractivity contribution in [3.8, 4) is 0 Å². The molecule has 0 aliphatic rings. The summed E-state index contributed by atoms with van der Waals surface area (Å²) in [6.07, 6.45) is 2.52. The summed E-state index contributed by atoms with van der Waals surface area (Å²) in [6.45, 7) is 5.86. The number of rotatable bonds is 5. The number of hydrogen-bond acceptors (Lipinski definition) is 2. The minimum absolute atomic E-state index is 0.160. The molecule has 2 rings (SSSR count). The standard InChI is InChI=1S/C19H22O2S/c1-4-8-19(16(3)17-9-6-5-7-10-17)22(20,21)18-13-11-15(2)12-14-18/h5-14,16H,4H2,1-3H3/b19-8+/t16-/m0/s1. The SMILES string of the molecule is CC/C=C(\[C@@H](C)c1ccccc1)S(=O)(=O)c1ccc(C)cc1. The van der Waals surface area contributed by atoms with E-state index >= 15 is 0 Å². The molecule has 2 aromatic carbocycles. The van der Waals surface area contributed by atoms with Crippen molar-refractivity contribution >= 4 is 9.84 Å². The lowest BCUT2D eigenvalue weighted by molar-refractivity contribution is 0.598. The van der Waals surface area contributed by atoms with Crippen molar-refractivity contribution in [2.24, 2.45) is 0 Å². The van der Waals surface area contributed by atoms with Crippen LogP contribution < -0.4 is 0 Å². The Morgan fingerprint density at radius 2 is 1.64 bits per heavy atom. The zero-order chi connectivity index (χ0) is 16.2. The van der Waals surface area contributed by atoms with E-state index in [2.05, 4.69) is 0 Å². The fourth-order valence-electron chi connectivity index (χ4n) is 2.48. The van der Waals surface area contributed by atoms with Gasteiger partial charge >= 0.3 is 0 Å². The molecule has 22 heavy (non-hydrogen) atoms. The average Bonchev–Trinajstić information content (AvgIpc) is 2.53. The molecule has 0 radical (unpaired) electrons. The first kappa shape index (κ1) is 16.5. The maximum atomic E-state index is 13.0. The lowest BCUT2D eigenvalue weighted by atomic mass is 10.0. The highest BCUT2D eigenvalue weighted by atomic mass is 32.2. The maximum Gasteiger partial charge on any atom is 0.203 e. The Balaban J connectivity index is 2.48. The van der Waals surface area contributed by atoms with Gasteiger partial charge in [-0.3, -0.25) is 0 Å². The highest BCUT2D eigenvalue weighted by Crippen LogP contribution is 2.32. The minimum Gasteiger partial charge on any atom is -0.219 e. The molecule has 0 unspecified atom stereocenters. The zero-order valence-electron chi connectivity index (χ0n) is 13.3. The van der Waals surface area contributed by atoms with Gasteiger partial charge in [0.15, 0.2) is 0 Å². The van der Waals surface area contributed by atoms with Crippen LogP contribution in [0, 0.1) is 6.92 Å². The molecule has 0 N–H and O–H groups in total. The quantitative estimate of drug-likeness (QED) is 0.789. The van der Waals surface area contributed by atoms with Gasteiger partial charge in [-0.05, 0) is 31.0 Å². The molecule has 1 atom stereocenters. The zero-order valence-corrected chi connectivity index (χ0v) is 14.1. The summed E-state index contributed by atoms with van der Waals surface area (Å²) in [5.74, 6) is -0.160. The summed E-state index contributed by atoms with van der Waals surface area (Å²) in [7, 11) is -3.47. The Morgan fingerprint density at radius 1 is 1.05 bits per heavy atom. The van der Waals surface area contributed by atoms with Crippen LogP contribution in [0.15, 0.2) is 70.5 Å². The number of sulfone groups is 1. The molecule has 0 saturated heterocycles. The monoisotopic (exact) mass is 314 g/mol. The van der Waals surface area contributed by atoms with Gasteiger partial charge in [-0.2, -0.15) is 0 Å². The van der Waals surface area contributed by atoms with E-state index < -0.39 is 9.84 Å². The van der Waals surface area contributed by atoms with Gasteiger partial charge in [-0.15, -0.1) is 0 Å². The predicted octanol–water partition coefficient (Wildman–Crippen LogP) is 4.87. The molecule has 0 saturated carbocycles. The Morgan fingerprint density at radius 3 is 2.18 bits per heavy atom. The first-order valence-corrected chi connectivity index (χ1v) is 9.02. The third-order valence-electron chi connectivity index (χ3n) is 3.77. The fourth-order valence-corrected chi connectivity index (χ4v) is 4.23. The molecule has 0 heterocycles. The highest BCUT2D eigenvalue weighted by Gasteiger charge is 2.25. The molecule has 0 fully saturated rings. The van der Waals surface area contributed by atoms with Crippen LogP contribution in [0.1, 0.15) is 37.3 Å². The van der Waals surface area contributed by atoms with E-state index in [1.54, 1.807) is 12.1 Å². The maximum absolute atomic E-state index is 13.0. The molecule has 0 bridgehead atoms. The van der Waals surface area contributed by atoms with Crippen LogP contribution in [0.4, 0.5) is 0 Å². The number of allylic oxidation sites excluding steroid dienone is 2. The van der Waals surface area contributed by atoms with Crippen molar-refractivity contribution in [2.45, 2.75) is 38.0 Å². The second-order valence-electron chi connectivity index (χ2n) is 5.46. The molecule has 0 spiro atoms. The molecule has 0 aromatic heterocycles. The van der Waals surface area contributed by atoms with E-state index in [0.29, 0.717) is 16.2 Å².